The molecule has 0 fully saturated rings. The van der Waals surface area contributed by atoms with Crippen molar-refractivity contribution in [1.29, 1.82) is 0 Å². The number of amides is 1. The van der Waals surface area contributed by atoms with E-state index in [2.05, 4.69) is 15.1 Å². The maximum Gasteiger partial charge on any atom is 0.225 e. The summed E-state index contributed by atoms with van der Waals surface area (Å²) >= 11 is 6.17. The number of ether oxygens (including phenoxy) is 1. The van der Waals surface area contributed by atoms with Gasteiger partial charge in [0.15, 0.2) is 11.6 Å². The minimum absolute atomic E-state index is 0.0570. The molecule has 0 bridgehead atoms. The van der Waals surface area contributed by atoms with Crippen molar-refractivity contribution >= 4 is 17.5 Å². The Bertz CT molecular complexity index is 949. The number of imidazole rings is 1. The molecule has 2 aromatic heterocycles. The Balaban J connectivity index is 2.18. The molecule has 26 heavy (non-hydrogen) atoms. The quantitative estimate of drug-likeness (QED) is 0.711. The molecule has 8 nitrogen and oxygen atoms in total. The van der Waals surface area contributed by atoms with E-state index in [1.165, 1.54) is 0 Å². The smallest absolute Gasteiger partial charge is 0.225 e. The molecule has 0 spiro atoms. The second-order valence-corrected chi connectivity index (χ2v) is 6.25. The number of aromatic nitrogens is 5. The van der Waals surface area contributed by atoms with Crippen LogP contribution >= 0.6 is 11.6 Å². The highest BCUT2D eigenvalue weighted by Crippen LogP contribution is 2.29. The van der Waals surface area contributed by atoms with Gasteiger partial charge in [0.1, 0.15) is 17.3 Å². The summed E-state index contributed by atoms with van der Waals surface area (Å²) in [5, 5.41) is 5.00. The fourth-order valence-corrected chi connectivity index (χ4v) is 2.96. The summed E-state index contributed by atoms with van der Waals surface area (Å²) in [6, 6.07) is 5.04. The van der Waals surface area contributed by atoms with Crippen molar-refractivity contribution in [2.75, 3.05) is 7.11 Å². The van der Waals surface area contributed by atoms with Gasteiger partial charge in [-0.15, -0.1) is 0 Å². The standard InChI is InChI=1S/C17H19ClN6O2/c1-10(23-7-6-20-11(23)2)17-21-16(9-15(19)25)22-24(17)13-8-12(18)4-5-14(13)26-3/h4-8,10H,9H2,1-3H3,(H2,19,25). The minimum Gasteiger partial charge on any atom is -0.494 e. The summed E-state index contributed by atoms with van der Waals surface area (Å²) in [5.74, 6) is 1.86. The number of methoxy groups -OCH3 is 1. The molecule has 1 atom stereocenters. The number of hydrogen-bond acceptors (Lipinski definition) is 5. The van der Waals surface area contributed by atoms with Crippen LogP contribution in [0.5, 0.6) is 5.75 Å². The molecule has 1 aromatic carbocycles. The van der Waals surface area contributed by atoms with E-state index in [0.29, 0.717) is 28.1 Å². The van der Waals surface area contributed by atoms with Crippen molar-refractivity contribution in [1.82, 2.24) is 24.3 Å². The van der Waals surface area contributed by atoms with Crippen LogP contribution in [0.2, 0.25) is 5.02 Å². The van der Waals surface area contributed by atoms with Gasteiger partial charge in [-0.2, -0.15) is 5.10 Å². The highest BCUT2D eigenvalue weighted by atomic mass is 35.5. The van der Waals surface area contributed by atoms with Gasteiger partial charge >= 0.3 is 0 Å². The van der Waals surface area contributed by atoms with Crippen molar-refractivity contribution in [3.8, 4) is 11.4 Å². The zero-order valence-electron chi connectivity index (χ0n) is 14.7. The minimum atomic E-state index is -0.502. The normalized spacial score (nSPS) is 12.2. The predicted octanol–water partition coefficient (Wildman–Crippen LogP) is 2.07. The summed E-state index contributed by atoms with van der Waals surface area (Å²) in [5.41, 5.74) is 5.94. The van der Waals surface area contributed by atoms with E-state index in [-0.39, 0.29) is 12.5 Å². The molecule has 3 rings (SSSR count). The number of carbonyl (C=O) groups excluding carboxylic acids is 1. The average molecular weight is 375 g/mol. The van der Waals surface area contributed by atoms with Crippen LogP contribution in [0.15, 0.2) is 30.6 Å². The maximum absolute atomic E-state index is 11.3. The van der Waals surface area contributed by atoms with Gasteiger partial charge in [-0.3, -0.25) is 4.79 Å². The Morgan fingerprint density at radius 3 is 2.81 bits per heavy atom. The van der Waals surface area contributed by atoms with Crippen LogP contribution in [-0.4, -0.2) is 37.3 Å². The second-order valence-electron chi connectivity index (χ2n) is 5.81. The van der Waals surface area contributed by atoms with Crippen LogP contribution in [0, 0.1) is 6.92 Å². The van der Waals surface area contributed by atoms with Gasteiger partial charge in [-0.25, -0.2) is 14.6 Å². The fraction of sp³-hybridized carbons (Fsp3) is 0.294. The summed E-state index contributed by atoms with van der Waals surface area (Å²) in [4.78, 5) is 20.1. The number of benzene rings is 1. The Labute approximate surface area is 155 Å². The van der Waals surface area contributed by atoms with Gasteiger partial charge in [0, 0.05) is 17.4 Å². The molecule has 2 N–H and O–H groups in total. The molecule has 1 amide bonds. The maximum atomic E-state index is 11.3. The number of rotatable bonds is 6. The zero-order valence-corrected chi connectivity index (χ0v) is 15.4. The monoisotopic (exact) mass is 374 g/mol. The molecule has 0 radical (unpaired) electrons. The molecule has 0 saturated heterocycles. The predicted molar refractivity (Wildman–Crippen MR) is 96.6 cm³/mol. The average Bonchev–Trinajstić information content (AvgIpc) is 3.20. The van der Waals surface area contributed by atoms with Gasteiger partial charge in [-0.1, -0.05) is 11.6 Å². The number of halogens is 1. The molecular formula is C17H19ClN6O2. The molecule has 2 heterocycles. The number of hydrogen-bond donors (Lipinski definition) is 1. The fourth-order valence-electron chi connectivity index (χ4n) is 2.80. The lowest BCUT2D eigenvalue weighted by molar-refractivity contribution is -0.117. The molecule has 0 saturated carbocycles. The van der Waals surface area contributed by atoms with Crippen LogP contribution in [0.1, 0.15) is 30.4 Å². The Morgan fingerprint density at radius 1 is 1.42 bits per heavy atom. The topological polar surface area (TPSA) is 101 Å². The molecular weight excluding hydrogens is 356 g/mol. The number of nitrogens with two attached hydrogens (primary N) is 1. The molecule has 0 aliphatic heterocycles. The van der Waals surface area contributed by atoms with Gasteiger partial charge in [0.25, 0.3) is 0 Å². The number of aryl methyl sites for hydroxylation is 1. The first-order valence-corrected chi connectivity index (χ1v) is 8.36. The lowest BCUT2D eigenvalue weighted by Gasteiger charge is -2.17. The lowest BCUT2D eigenvalue weighted by Crippen LogP contribution is -2.15. The van der Waals surface area contributed by atoms with Gasteiger partial charge in [0.2, 0.25) is 5.91 Å². The van der Waals surface area contributed by atoms with Crippen molar-refractivity contribution in [3.63, 3.8) is 0 Å². The van der Waals surface area contributed by atoms with Crippen LogP contribution in [0.25, 0.3) is 5.69 Å². The van der Waals surface area contributed by atoms with E-state index in [0.717, 1.165) is 5.82 Å². The van der Waals surface area contributed by atoms with Crippen LogP contribution in [0.4, 0.5) is 0 Å². The van der Waals surface area contributed by atoms with Gasteiger partial charge in [0.05, 0.1) is 19.6 Å². The van der Waals surface area contributed by atoms with E-state index in [4.69, 9.17) is 22.1 Å². The highest BCUT2D eigenvalue weighted by molar-refractivity contribution is 6.30. The lowest BCUT2D eigenvalue weighted by atomic mass is 10.2. The molecule has 3 aromatic rings. The van der Waals surface area contributed by atoms with E-state index < -0.39 is 5.91 Å². The zero-order chi connectivity index (χ0) is 18.8. The first-order chi connectivity index (χ1) is 12.4. The number of nitrogens with zero attached hydrogens (tertiary/aromatic N) is 5. The highest BCUT2D eigenvalue weighted by Gasteiger charge is 2.22. The second kappa shape index (κ2) is 7.17. The number of carbonyl (C=O) groups is 1. The molecule has 0 aliphatic rings. The Hall–Kier alpha value is -2.87. The summed E-state index contributed by atoms with van der Waals surface area (Å²) in [6.45, 7) is 3.88. The summed E-state index contributed by atoms with van der Waals surface area (Å²) in [6.07, 6.45) is 3.53. The summed E-state index contributed by atoms with van der Waals surface area (Å²) < 4.78 is 9.03. The summed E-state index contributed by atoms with van der Waals surface area (Å²) in [7, 11) is 1.57. The van der Waals surface area contributed by atoms with E-state index >= 15 is 0 Å². The van der Waals surface area contributed by atoms with Gasteiger partial charge in [-0.05, 0) is 32.0 Å². The first-order valence-electron chi connectivity index (χ1n) is 7.98. The third-order valence-corrected chi connectivity index (χ3v) is 4.27. The first kappa shape index (κ1) is 17.9. The van der Waals surface area contributed by atoms with Crippen LogP contribution in [0.3, 0.4) is 0 Å². The van der Waals surface area contributed by atoms with Crippen molar-refractivity contribution in [3.05, 3.63) is 53.1 Å². The molecule has 136 valence electrons. The number of primary amides is 1. The Morgan fingerprint density at radius 2 is 2.19 bits per heavy atom. The van der Waals surface area contributed by atoms with Crippen molar-refractivity contribution in [2.24, 2.45) is 5.73 Å². The van der Waals surface area contributed by atoms with Gasteiger partial charge < -0.3 is 15.0 Å². The Kier molecular flexibility index (Phi) is 4.94. The van der Waals surface area contributed by atoms with E-state index in [1.54, 1.807) is 36.2 Å². The third-order valence-electron chi connectivity index (χ3n) is 4.03. The molecule has 1 unspecified atom stereocenters. The van der Waals surface area contributed by atoms with Crippen LogP contribution < -0.4 is 10.5 Å². The SMILES string of the molecule is COc1ccc(Cl)cc1-n1nc(CC(N)=O)nc1C(C)n1ccnc1C. The van der Waals surface area contributed by atoms with Crippen LogP contribution in [-0.2, 0) is 11.2 Å². The van der Waals surface area contributed by atoms with Crippen molar-refractivity contribution in [2.45, 2.75) is 26.3 Å². The van der Waals surface area contributed by atoms with E-state index in [9.17, 15) is 4.79 Å². The molecule has 0 aliphatic carbocycles. The third kappa shape index (κ3) is 3.41. The van der Waals surface area contributed by atoms with E-state index in [1.807, 2.05) is 24.6 Å². The molecule has 9 heteroatoms. The van der Waals surface area contributed by atoms with Crippen molar-refractivity contribution < 1.29 is 9.53 Å². The largest absolute Gasteiger partial charge is 0.494 e.